The van der Waals surface area contributed by atoms with E-state index in [1.165, 1.54) is 0 Å². The standard InChI is InChI=1S/C10H14N2O2/c11-10(14)9(13)7-12-6-8-4-2-1-3-5-8/h1-5,9,12-13H,6-7H2,(H2,11,14). The van der Waals surface area contributed by atoms with Crippen LogP contribution in [0.5, 0.6) is 0 Å². The van der Waals surface area contributed by atoms with Gasteiger partial charge in [-0.3, -0.25) is 4.79 Å². The molecule has 0 aromatic heterocycles. The van der Waals surface area contributed by atoms with Gasteiger partial charge >= 0.3 is 0 Å². The summed E-state index contributed by atoms with van der Waals surface area (Å²) in [7, 11) is 0. The average Bonchev–Trinajstić information content (AvgIpc) is 2.19. The van der Waals surface area contributed by atoms with Crippen molar-refractivity contribution in [3.05, 3.63) is 35.9 Å². The van der Waals surface area contributed by atoms with Gasteiger partial charge in [-0.25, -0.2) is 0 Å². The van der Waals surface area contributed by atoms with Crippen LogP contribution in [0.25, 0.3) is 0 Å². The van der Waals surface area contributed by atoms with Crippen molar-refractivity contribution in [3.63, 3.8) is 0 Å². The Hall–Kier alpha value is -1.39. The molecule has 14 heavy (non-hydrogen) atoms. The molecule has 0 radical (unpaired) electrons. The first-order valence-electron chi connectivity index (χ1n) is 4.42. The third-order valence-electron chi connectivity index (χ3n) is 1.84. The lowest BCUT2D eigenvalue weighted by Gasteiger charge is -2.07. The molecule has 4 nitrogen and oxygen atoms in total. The number of aliphatic hydroxyl groups excluding tert-OH is 1. The van der Waals surface area contributed by atoms with Crippen LogP contribution in [0.1, 0.15) is 5.56 Å². The summed E-state index contributed by atoms with van der Waals surface area (Å²) in [4.78, 5) is 10.5. The van der Waals surface area contributed by atoms with Gasteiger partial charge in [-0.15, -0.1) is 0 Å². The quantitative estimate of drug-likeness (QED) is 0.598. The van der Waals surface area contributed by atoms with Crippen LogP contribution in [0, 0.1) is 0 Å². The van der Waals surface area contributed by atoms with E-state index in [1.807, 2.05) is 30.3 Å². The first kappa shape index (κ1) is 10.7. The molecule has 0 spiro atoms. The first-order valence-corrected chi connectivity index (χ1v) is 4.42. The predicted molar refractivity (Wildman–Crippen MR) is 53.3 cm³/mol. The minimum Gasteiger partial charge on any atom is -0.382 e. The molecule has 1 aromatic carbocycles. The van der Waals surface area contributed by atoms with Gasteiger partial charge < -0.3 is 16.2 Å². The molecular weight excluding hydrogens is 180 g/mol. The van der Waals surface area contributed by atoms with Crippen molar-refractivity contribution in [1.29, 1.82) is 0 Å². The van der Waals surface area contributed by atoms with E-state index >= 15 is 0 Å². The molecule has 4 N–H and O–H groups in total. The Morgan fingerprint density at radius 3 is 2.64 bits per heavy atom. The van der Waals surface area contributed by atoms with E-state index in [0.717, 1.165) is 5.56 Å². The number of benzene rings is 1. The van der Waals surface area contributed by atoms with E-state index in [2.05, 4.69) is 5.32 Å². The molecule has 0 heterocycles. The number of amides is 1. The molecule has 76 valence electrons. The van der Waals surface area contributed by atoms with Gasteiger partial charge in [0.05, 0.1) is 0 Å². The molecule has 0 saturated carbocycles. The molecular formula is C10H14N2O2. The van der Waals surface area contributed by atoms with Gasteiger partial charge in [0, 0.05) is 13.1 Å². The smallest absolute Gasteiger partial charge is 0.247 e. The van der Waals surface area contributed by atoms with Crippen LogP contribution < -0.4 is 11.1 Å². The summed E-state index contributed by atoms with van der Waals surface area (Å²) in [6, 6.07) is 9.72. The number of aliphatic hydroxyl groups is 1. The summed E-state index contributed by atoms with van der Waals surface area (Å²) in [5, 5.41) is 12.0. The Morgan fingerprint density at radius 1 is 1.43 bits per heavy atom. The molecule has 1 amide bonds. The third-order valence-corrected chi connectivity index (χ3v) is 1.84. The van der Waals surface area contributed by atoms with E-state index < -0.39 is 12.0 Å². The number of primary amides is 1. The highest BCUT2D eigenvalue weighted by atomic mass is 16.3. The molecule has 0 saturated heterocycles. The molecule has 0 aliphatic heterocycles. The van der Waals surface area contributed by atoms with Crippen molar-refractivity contribution in [1.82, 2.24) is 5.32 Å². The van der Waals surface area contributed by atoms with Gasteiger partial charge in [0.25, 0.3) is 0 Å². The fourth-order valence-corrected chi connectivity index (χ4v) is 1.05. The highest BCUT2D eigenvalue weighted by Crippen LogP contribution is 1.96. The Bertz CT molecular complexity index is 287. The average molecular weight is 194 g/mol. The maximum Gasteiger partial charge on any atom is 0.247 e. The summed E-state index contributed by atoms with van der Waals surface area (Å²) in [5.41, 5.74) is 5.99. The first-order chi connectivity index (χ1) is 6.70. The summed E-state index contributed by atoms with van der Waals surface area (Å²) < 4.78 is 0. The Balaban J connectivity index is 2.26. The Labute approximate surface area is 82.7 Å². The lowest BCUT2D eigenvalue weighted by atomic mass is 10.2. The third kappa shape index (κ3) is 3.55. The predicted octanol–water partition coefficient (Wildman–Crippen LogP) is -0.378. The van der Waals surface area contributed by atoms with Gasteiger partial charge in [0.2, 0.25) is 5.91 Å². The van der Waals surface area contributed by atoms with Crippen LogP contribution >= 0.6 is 0 Å². The van der Waals surface area contributed by atoms with Gasteiger partial charge in [0.15, 0.2) is 0 Å². The molecule has 1 atom stereocenters. The zero-order valence-electron chi connectivity index (χ0n) is 7.81. The minimum absolute atomic E-state index is 0.185. The van der Waals surface area contributed by atoms with E-state index in [9.17, 15) is 4.79 Å². The van der Waals surface area contributed by atoms with E-state index in [0.29, 0.717) is 6.54 Å². The van der Waals surface area contributed by atoms with E-state index in [-0.39, 0.29) is 6.54 Å². The molecule has 1 aromatic rings. The van der Waals surface area contributed by atoms with Gasteiger partial charge in [-0.1, -0.05) is 30.3 Å². The number of hydrogen-bond donors (Lipinski definition) is 3. The maximum atomic E-state index is 10.5. The molecule has 4 heteroatoms. The van der Waals surface area contributed by atoms with Crippen LogP contribution in [0.2, 0.25) is 0 Å². The largest absolute Gasteiger partial charge is 0.382 e. The lowest BCUT2D eigenvalue weighted by molar-refractivity contribution is -0.125. The second-order valence-electron chi connectivity index (χ2n) is 3.03. The lowest BCUT2D eigenvalue weighted by Crippen LogP contribution is -2.37. The minimum atomic E-state index is -1.11. The summed E-state index contributed by atoms with van der Waals surface area (Å²) in [5.74, 6) is -0.703. The molecule has 0 aliphatic carbocycles. The Kier molecular flexibility index (Phi) is 4.10. The van der Waals surface area contributed by atoms with Crippen LogP contribution in [0.3, 0.4) is 0 Å². The zero-order chi connectivity index (χ0) is 10.4. The number of nitrogens with two attached hydrogens (primary N) is 1. The van der Waals surface area contributed by atoms with Crippen molar-refractivity contribution >= 4 is 5.91 Å². The van der Waals surface area contributed by atoms with Crippen molar-refractivity contribution < 1.29 is 9.90 Å². The number of carbonyl (C=O) groups excluding carboxylic acids is 1. The summed E-state index contributed by atoms with van der Waals surface area (Å²) in [6.45, 7) is 0.801. The molecule has 0 aliphatic rings. The number of carbonyl (C=O) groups is 1. The normalized spacial score (nSPS) is 12.4. The van der Waals surface area contributed by atoms with E-state index in [4.69, 9.17) is 10.8 Å². The zero-order valence-corrected chi connectivity index (χ0v) is 7.81. The fraction of sp³-hybridized carbons (Fsp3) is 0.300. The molecule has 0 bridgehead atoms. The highest BCUT2D eigenvalue weighted by molar-refractivity contribution is 5.78. The van der Waals surface area contributed by atoms with Crippen LogP contribution in [0.15, 0.2) is 30.3 Å². The SMILES string of the molecule is NC(=O)C(O)CNCc1ccccc1. The van der Waals surface area contributed by atoms with Gasteiger partial charge in [-0.05, 0) is 5.56 Å². The number of rotatable bonds is 5. The van der Waals surface area contributed by atoms with Crippen molar-refractivity contribution in [2.75, 3.05) is 6.54 Å². The van der Waals surface area contributed by atoms with E-state index in [1.54, 1.807) is 0 Å². The van der Waals surface area contributed by atoms with Crippen molar-refractivity contribution in [2.24, 2.45) is 5.73 Å². The molecule has 1 rings (SSSR count). The second-order valence-corrected chi connectivity index (χ2v) is 3.03. The molecule has 1 unspecified atom stereocenters. The topological polar surface area (TPSA) is 75.4 Å². The van der Waals surface area contributed by atoms with Gasteiger partial charge in [-0.2, -0.15) is 0 Å². The van der Waals surface area contributed by atoms with Crippen LogP contribution in [-0.4, -0.2) is 23.7 Å². The second kappa shape index (κ2) is 5.36. The fourth-order valence-electron chi connectivity index (χ4n) is 1.05. The van der Waals surface area contributed by atoms with Gasteiger partial charge in [0.1, 0.15) is 6.10 Å². The highest BCUT2D eigenvalue weighted by Gasteiger charge is 2.08. The monoisotopic (exact) mass is 194 g/mol. The Morgan fingerprint density at radius 2 is 2.07 bits per heavy atom. The van der Waals surface area contributed by atoms with Crippen molar-refractivity contribution in [3.8, 4) is 0 Å². The summed E-state index contributed by atoms with van der Waals surface area (Å²) in [6.07, 6.45) is -1.11. The number of nitrogens with one attached hydrogen (secondary N) is 1. The van der Waals surface area contributed by atoms with Crippen LogP contribution in [-0.2, 0) is 11.3 Å². The summed E-state index contributed by atoms with van der Waals surface area (Å²) >= 11 is 0. The van der Waals surface area contributed by atoms with Crippen molar-refractivity contribution in [2.45, 2.75) is 12.6 Å². The number of hydrogen-bond acceptors (Lipinski definition) is 3. The van der Waals surface area contributed by atoms with Crippen LogP contribution in [0.4, 0.5) is 0 Å². The maximum absolute atomic E-state index is 10.5. The molecule has 0 fully saturated rings.